The van der Waals surface area contributed by atoms with Gasteiger partial charge in [0, 0.05) is 35.6 Å². The van der Waals surface area contributed by atoms with Crippen molar-refractivity contribution in [2.75, 3.05) is 13.6 Å². The molecule has 2 heterocycles. The molecular formula is C26H27N5O5. The highest BCUT2D eigenvalue weighted by atomic mass is 16.6. The molecule has 0 amide bonds. The lowest BCUT2D eigenvalue weighted by molar-refractivity contribution is -0.384. The number of carboxylic acids is 1. The summed E-state index contributed by atoms with van der Waals surface area (Å²) in [6.07, 6.45) is 0.872. The third kappa shape index (κ3) is 5.33. The maximum Gasteiger partial charge on any atom is 0.334 e. The zero-order valence-corrected chi connectivity index (χ0v) is 20.3. The van der Waals surface area contributed by atoms with Crippen LogP contribution >= 0.6 is 0 Å². The topological polar surface area (TPSA) is 135 Å². The lowest BCUT2D eigenvalue weighted by Gasteiger charge is -2.29. The number of benzene rings is 2. The first-order valence-electron chi connectivity index (χ1n) is 11.5. The fourth-order valence-corrected chi connectivity index (χ4v) is 4.42. The van der Waals surface area contributed by atoms with Crippen molar-refractivity contribution in [2.24, 2.45) is 0 Å². The SMILES string of the molecule is CC1=C(C(=O)O)C(c2cccc([N+](=O)[O-])c2)C(c2nc(CN(C)CCc3ccccc3)no2)=C(C)N1. The van der Waals surface area contributed by atoms with E-state index in [1.54, 1.807) is 19.9 Å². The van der Waals surface area contributed by atoms with Crippen molar-refractivity contribution in [3.05, 3.63) is 105 Å². The number of aliphatic carboxylic acids is 1. The molecule has 10 heteroatoms. The summed E-state index contributed by atoms with van der Waals surface area (Å²) in [5.74, 6) is -1.33. The monoisotopic (exact) mass is 489 g/mol. The van der Waals surface area contributed by atoms with Gasteiger partial charge < -0.3 is 14.9 Å². The number of nitro benzene ring substituents is 1. The van der Waals surface area contributed by atoms with Crippen molar-refractivity contribution in [3.8, 4) is 0 Å². The summed E-state index contributed by atoms with van der Waals surface area (Å²) < 4.78 is 5.60. The van der Waals surface area contributed by atoms with Gasteiger partial charge in [0.1, 0.15) is 0 Å². The minimum atomic E-state index is -1.14. The van der Waals surface area contributed by atoms with E-state index in [1.807, 2.05) is 25.2 Å². The number of carboxylic acid groups (broad SMARTS) is 1. The molecule has 10 nitrogen and oxygen atoms in total. The molecule has 1 aromatic heterocycles. The van der Waals surface area contributed by atoms with Crippen molar-refractivity contribution in [1.29, 1.82) is 0 Å². The first-order chi connectivity index (χ1) is 17.2. The molecule has 0 fully saturated rings. The lowest BCUT2D eigenvalue weighted by Crippen LogP contribution is -2.27. The maximum atomic E-state index is 12.3. The van der Waals surface area contributed by atoms with E-state index in [2.05, 4.69) is 32.5 Å². The van der Waals surface area contributed by atoms with E-state index in [0.717, 1.165) is 13.0 Å². The maximum absolute atomic E-state index is 12.3. The van der Waals surface area contributed by atoms with E-state index in [4.69, 9.17) is 4.52 Å². The lowest BCUT2D eigenvalue weighted by atomic mass is 9.80. The molecule has 4 rings (SSSR count). The summed E-state index contributed by atoms with van der Waals surface area (Å²) in [5.41, 5.74) is 3.19. The number of rotatable bonds is 9. The van der Waals surface area contributed by atoms with Gasteiger partial charge in [-0.3, -0.25) is 15.0 Å². The Morgan fingerprint density at radius 2 is 1.92 bits per heavy atom. The van der Waals surface area contributed by atoms with Crippen LogP contribution in [0.1, 0.15) is 42.6 Å². The summed E-state index contributed by atoms with van der Waals surface area (Å²) in [5, 5.41) is 28.6. The van der Waals surface area contributed by atoms with Gasteiger partial charge in [0.05, 0.1) is 23.0 Å². The fraction of sp³-hybridized carbons (Fsp3) is 0.269. The van der Waals surface area contributed by atoms with Crippen LogP contribution in [0.15, 0.2) is 76.1 Å². The highest BCUT2D eigenvalue weighted by Gasteiger charge is 2.37. The zero-order chi connectivity index (χ0) is 25.8. The van der Waals surface area contributed by atoms with Crippen molar-refractivity contribution >= 4 is 17.2 Å². The van der Waals surface area contributed by atoms with Gasteiger partial charge in [-0.1, -0.05) is 47.6 Å². The Labute approximate surface area is 208 Å². The first-order valence-corrected chi connectivity index (χ1v) is 11.5. The van der Waals surface area contributed by atoms with Gasteiger partial charge in [-0.05, 0) is 38.4 Å². The Balaban J connectivity index is 1.63. The summed E-state index contributed by atoms with van der Waals surface area (Å²) in [6.45, 7) is 4.68. The number of allylic oxidation sites excluding steroid dienone is 3. The fourth-order valence-electron chi connectivity index (χ4n) is 4.42. The third-order valence-electron chi connectivity index (χ3n) is 6.14. The molecule has 0 spiro atoms. The van der Waals surface area contributed by atoms with E-state index in [0.29, 0.717) is 34.9 Å². The number of nitrogens with zero attached hydrogens (tertiary/aromatic N) is 4. The van der Waals surface area contributed by atoms with Crippen LogP contribution in [-0.2, 0) is 17.8 Å². The van der Waals surface area contributed by atoms with E-state index in [9.17, 15) is 20.0 Å². The molecule has 2 N–H and O–H groups in total. The molecule has 1 aliphatic heterocycles. The summed E-state index contributed by atoms with van der Waals surface area (Å²) in [6, 6.07) is 16.1. The largest absolute Gasteiger partial charge is 0.478 e. The van der Waals surface area contributed by atoms with Gasteiger partial charge in [0.2, 0.25) is 0 Å². The number of nitro groups is 1. The molecule has 1 unspecified atom stereocenters. The standard InChI is InChI=1S/C26H27N5O5/c1-16-22(25-28-21(29-36-25)15-30(3)13-12-18-8-5-4-6-9-18)24(23(26(32)33)17(2)27-16)19-10-7-11-20(14-19)31(34)35/h4-11,14,24,27H,12-13,15H2,1-3H3,(H,32,33). The third-order valence-corrected chi connectivity index (χ3v) is 6.14. The Hall–Kier alpha value is -4.31. The van der Waals surface area contributed by atoms with Crippen LogP contribution in [0.2, 0.25) is 0 Å². The second-order valence-corrected chi connectivity index (χ2v) is 8.78. The number of non-ortho nitro benzene ring substituents is 1. The zero-order valence-electron chi connectivity index (χ0n) is 20.3. The molecule has 0 radical (unpaired) electrons. The Morgan fingerprint density at radius 1 is 1.17 bits per heavy atom. The van der Waals surface area contributed by atoms with Crippen LogP contribution in [-0.4, -0.2) is 44.6 Å². The molecule has 186 valence electrons. The highest BCUT2D eigenvalue weighted by Crippen LogP contribution is 2.43. The summed E-state index contributed by atoms with van der Waals surface area (Å²) >= 11 is 0. The van der Waals surface area contributed by atoms with Gasteiger partial charge >= 0.3 is 5.97 Å². The number of hydrogen-bond acceptors (Lipinski definition) is 8. The molecular weight excluding hydrogens is 462 g/mol. The molecule has 1 atom stereocenters. The van der Waals surface area contributed by atoms with Crippen molar-refractivity contribution in [2.45, 2.75) is 32.7 Å². The van der Waals surface area contributed by atoms with E-state index in [1.165, 1.54) is 23.8 Å². The Kier molecular flexibility index (Phi) is 7.25. The first kappa shape index (κ1) is 24.8. The normalized spacial score (nSPS) is 15.8. The van der Waals surface area contributed by atoms with Gasteiger partial charge in [0.25, 0.3) is 11.6 Å². The predicted octanol–water partition coefficient (Wildman–Crippen LogP) is 4.13. The van der Waals surface area contributed by atoms with Crippen LogP contribution in [0.5, 0.6) is 0 Å². The Bertz CT molecular complexity index is 1350. The number of hydrogen-bond donors (Lipinski definition) is 2. The van der Waals surface area contributed by atoms with E-state index >= 15 is 0 Å². The molecule has 0 aliphatic carbocycles. The smallest absolute Gasteiger partial charge is 0.334 e. The van der Waals surface area contributed by atoms with Gasteiger partial charge in [-0.15, -0.1) is 0 Å². The molecule has 3 aromatic rings. The average Bonchev–Trinajstić information content (AvgIpc) is 3.30. The molecule has 2 aromatic carbocycles. The number of nitrogens with one attached hydrogen (secondary N) is 1. The van der Waals surface area contributed by atoms with Gasteiger partial charge in [-0.2, -0.15) is 4.98 Å². The molecule has 1 aliphatic rings. The van der Waals surface area contributed by atoms with Crippen LogP contribution in [0.4, 0.5) is 5.69 Å². The van der Waals surface area contributed by atoms with Crippen LogP contribution in [0.25, 0.3) is 5.57 Å². The molecule has 0 bridgehead atoms. The molecule has 36 heavy (non-hydrogen) atoms. The Morgan fingerprint density at radius 3 is 2.61 bits per heavy atom. The minimum absolute atomic E-state index is 0.0656. The average molecular weight is 490 g/mol. The second-order valence-electron chi connectivity index (χ2n) is 8.78. The van der Waals surface area contributed by atoms with Crippen LogP contribution in [0, 0.1) is 10.1 Å². The van der Waals surface area contributed by atoms with E-state index in [-0.39, 0.29) is 17.2 Å². The number of dihydropyridines is 1. The highest BCUT2D eigenvalue weighted by molar-refractivity contribution is 5.95. The predicted molar refractivity (Wildman–Crippen MR) is 133 cm³/mol. The quantitative estimate of drug-likeness (QED) is 0.336. The number of carbonyl (C=O) groups is 1. The van der Waals surface area contributed by atoms with Crippen molar-refractivity contribution < 1.29 is 19.3 Å². The molecule has 0 saturated heterocycles. The second kappa shape index (κ2) is 10.5. The molecule has 0 saturated carbocycles. The van der Waals surface area contributed by atoms with Gasteiger partial charge in [-0.25, -0.2) is 4.79 Å². The van der Waals surface area contributed by atoms with Crippen molar-refractivity contribution in [1.82, 2.24) is 20.4 Å². The minimum Gasteiger partial charge on any atom is -0.478 e. The van der Waals surface area contributed by atoms with Crippen LogP contribution < -0.4 is 5.32 Å². The number of aromatic nitrogens is 2. The summed E-state index contributed by atoms with van der Waals surface area (Å²) in [7, 11) is 1.96. The van der Waals surface area contributed by atoms with Crippen molar-refractivity contribution in [3.63, 3.8) is 0 Å². The summed E-state index contributed by atoms with van der Waals surface area (Å²) in [4.78, 5) is 29.8. The van der Waals surface area contributed by atoms with Gasteiger partial charge in [0.15, 0.2) is 5.82 Å². The van der Waals surface area contributed by atoms with E-state index < -0.39 is 16.8 Å². The van der Waals surface area contributed by atoms with Crippen LogP contribution in [0.3, 0.4) is 0 Å². The number of likely N-dealkylation sites (N-methyl/N-ethyl adjacent to an activating group) is 1.